The van der Waals surface area contributed by atoms with Gasteiger partial charge in [0.1, 0.15) is 24.0 Å². The van der Waals surface area contributed by atoms with Gasteiger partial charge >= 0.3 is 11.9 Å². The first-order chi connectivity index (χ1) is 25.7. The molecule has 2 rings (SSSR count). The summed E-state index contributed by atoms with van der Waals surface area (Å²) in [5.74, 6) is 0.594. The number of carbonyl (C=O) groups excluding carboxylic acids is 3. The van der Waals surface area contributed by atoms with Crippen molar-refractivity contribution in [2.75, 3.05) is 26.9 Å². The number of allylic oxidation sites excluding steroid dienone is 1. The number of nitrogens with one attached hydrogen (secondary N) is 1. The van der Waals surface area contributed by atoms with Crippen molar-refractivity contribution in [1.82, 2.24) is 5.32 Å². The summed E-state index contributed by atoms with van der Waals surface area (Å²) in [5, 5.41) is 14.2. The third kappa shape index (κ3) is 16.9. The molecular formula is C42H63F2NO9. The fourth-order valence-corrected chi connectivity index (χ4v) is 6.30. The van der Waals surface area contributed by atoms with Gasteiger partial charge in [-0.25, -0.2) is 18.4 Å². The number of alkyl halides is 2. The van der Waals surface area contributed by atoms with Crippen LogP contribution < -0.4 is 10.1 Å². The fraction of sp³-hybridized carbons (Fsp3) is 0.690. The lowest BCUT2D eigenvalue weighted by Gasteiger charge is -2.34. The molecule has 0 aromatic heterocycles. The monoisotopic (exact) mass is 763 g/mol. The second-order valence-corrected chi connectivity index (χ2v) is 14.8. The van der Waals surface area contributed by atoms with Crippen LogP contribution in [0.25, 0.3) is 0 Å². The summed E-state index contributed by atoms with van der Waals surface area (Å²) < 4.78 is 55.9. The highest BCUT2D eigenvalue weighted by Crippen LogP contribution is 2.33. The van der Waals surface area contributed by atoms with Crippen molar-refractivity contribution in [2.45, 2.75) is 154 Å². The van der Waals surface area contributed by atoms with E-state index in [4.69, 9.17) is 23.7 Å². The lowest BCUT2D eigenvalue weighted by atomic mass is 9.82. The normalized spacial score (nSPS) is 16.3. The van der Waals surface area contributed by atoms with E-state index in [2.05, 4.69) is 24.1 Å². The lowest BCUT2D eigenvalue weighted by Crippen LogP contribution is -2.56. The van der Waals surface area contributed by atoms with Gasteiger partial charge in [0, 0.05) is 25.7 Å². The third-order valence-corrected chi connectivity index (χ3v) is 9.15. The van der Waals surface area contributed by atoms with E-state index in [1.807, 2.05) is 0 Å². The Kier molecular flexibility index (Phi) is 20.8. The Morgan fingerprint density at radius 3 is 2.15 bits per heavy atom. The predicted octanol–water partition coefficient (Wildman–Crippen LogP) is 7.63. The van der Waals surface area contributed by atoms with Gasteiger partial charge in [-0.2, -0.15) is 0 Å². The molecule has 304 valence electrons. The summed E-state index contributed by atoms with van der Waals surface area (Å²) >= 11 is 0. The summed E-state index contributed by atoms with van der Waals surface area (Å²) in [6.45, 7) is 9.89. The van der Waals surface area contributed by atoms with Gasteiger partial charge in [0.25, 0.3) is 0 Å². The molecule has 0 aliphatic carbocycles. The number of methoxy groups -OCH3 is 1. The molecule has 12 heteroatoms. The molecule has 0 unspecified atom stereocenters. The maximum atomic E-state index is 14.0. The summed E-state index contributed by atoms with van der Waals surface area (Å²) in [6.07, 6.45) is 9.73. The summed E-state index contributed by atoms with van der Waals surface area (Å²) in [6, 6.07) is 5.50. The summed E-state index contributed by atoms with van der Waals surface area (Å²) in [5.41, 5.74) is -3.45. The van der Waals surface area contributed by atoms with Crippen LogP contribution in [-0.4, -0.2) is 79.3 Å². The van der Waals surface area contributed by atoms with Crippen molar-refractivity contribution in [3.05, 3.63) is 42.0 Å². The number of amides is 1. The highest BCUT2D eigenvalue weighted by atomic mass is 19.3. The number of hydrogen-bond acceptors (Lipinski definition) is 9. The highest BCUT2D eigenvalue weighted by molar-refractivity contribution is 5.93. The Morgan fingerprint density at radius 1 is 0.981 bits per heavy atom. The van der Waals surface area contributed by atoms with E-state index < -0.39 is 59.6 Å². The van der Waals surface area contributed by atoms with Gasteiger partial charge < -0.3 is 34.1 Å². The number of unbranched alkanes of at least 4 members (excludes halogenated alkanes) is 8. The molecule has 1 fully saturated rings. The van der Waals surface area contributed by atoms with E-state index in [0.717, 1.165) is 52.1 Å². The predicted molar refractivity (Wildman–Crippen MR) is 203 cm³/mol. The van der Waals surface area contributed by atoms with Gasteiger partial charge in [-0.15, -0.1) is 5.92 Å². The minimum atomic E-state index is -3.15. The first-order valence-electron chi connectivity index (χ1n) is 19.4. The van der Waals surface area contributed by atoms with Gasteiger partial charge in [0.15, 0.2) is 11.4 Å². The van der Waals surface area contributed by atoms with E-state index in [1.165, 1.54) is 46.1 Å². The molecule has 1 heterocycles. The van der Waals surface area contributed by atoms with Crippen LogP contribution in [-0.2, 0) is 39.8 Å². The van der Waals surface area contributed by atoms with Gasteiger partial charge in [-0.05, 0) is 71.1 Å². The van der Waals surface area contributed by atoms with Crippen LogP contribution in [0.4, 0.5) is 8.78 Å². The zero-order valence-corrected chi connectivity index (χ0v) is 33.2. The number of carbonyl (C=O) groups is 3. The molecule has 1 saturated heterocycles. The Bertz CT molecular complexity index is 1360. The standard InChI is InChI=1S/C42H63F2NO9/c1-7-9-11-15-18-25-41(52-28-29-53-41)26-19-16-13-12-14-17-20-34(42(49,31-36(43)44)39(48)54-40(3,4)5)37(46)45-35(38(47)50-6)30-32-21-23-33(24-22-32)51-27-10-8-2/h17,20-24,34-36,49H,7,9,11-16,18-19,25-31H2,1-6H3,(H,45,46)/t34-,35+,42+/m1/s1. The lowest BCUT2D eigenvalue weighted by molar-refractivity contribution is -0.188. The van der Waals surface area contributed by atoms with Crippen LogP contribution in [0.3, 0.4) is 0 Å². The van der Waals surface area contributed by atoms with E-state index in [9.17, 15) is 28.3 Å². The molecule has 1 aromatic carbocycles. The molecule has 0 saturated carbocycles. The number of esters is 2. The summed E-state index contributed by atoms with van der Waals surface area (Å²) in [4.78, 5) is 40.1. The highest BCUT2D eigenvalue weighted by Gasteiger charge is 2.51. The van der Waals surface area contributed by atoms with Gasteiger partial charge in [0.2, 0.25) is 12.3 Å². The van der Waals surface area contributed by atoms with Crippen LogP contribution in [0.1, 0.15) is 124 Å². The van der Waals surface area contributed by atoms with Crippen LogP contribution in [0.2, 0.25) is 0 Å². The average molecular weight is 764 g/mol. The molecule has 1 amide bonds. The van der Waals surface area contributed by atoms with Crippen molar-refractivity contribution >= 4 is 17.8 Å². The van der Waals surface area contributed by atoms with Crippen molar-refractivity contribution in [1.29, 1.82) is 0 Å². The molecule has 1 aliphatic heterocycles. The second kappa shape index (κ2) is 24.1. The van der Waals surface area contributed by atoms with Crippen LogP contribution in [0.5, 0.6) is 5.75 Å². The average Bonchev–Trinajstić information content (AvgIpc) is 3.58. The Morgan fingerprint density at radius 2 is 1.59 bits per heavy atom. The number of rotatable bonds is 25. The van der Waals surface area contributed by atoms with Crippen LogP contribution >= 0.6 is 0 Å². The minimum Gasteiger partial charge on any atom is -0.481 e. The van der Waals surface area contributed by atoms with Crippen LogP contribution in [0, 0.1) is 17.8 Å². The topological polar surface area (TPSA) is 130 Å². The molecule has 0 bridgehead atoms. The second-order valence-electron chi connectivity index (χ2n) is 14.8. The molecule has 1 aromatic rings. The Labute approximate surface area is 321 Å². The number of halogens is 2. The fourth-order valence-electron chi connectivity index (χ4n) is 6.30. The van der Waals surface area contributed by atoms with Gasteiger partial charge in [0.05, 0.1) is 26.2 Å². The molecule has 3 atom stereocenters. The maximum absolute atomic E-state index is 14.0. The molecular weight excluding hydrogens is 700 g/mol. The molecule has 0 radical (unpaired) electrons. The molecule has 2 N–H and O–H groups in total. The number of ether oxygens (including phenoxy) is 5. The number of aliphatic hydroxyl groups is 1. The Balaban J connectivity index is 2.17. The van der Waals surface area contributed by atoms with Gasteiger partial charge in [-0.1, -0.05) is 75.7 Å². The Hall–Kier alpha value is -3.53. The van der Waals surface area contributed by atoms with Gasteiger partial charge in [-0.3, -0.25) is 4.79 Å². The quantitative estimate of drug-likeness (QED) is 0.0447. The van der Waals surface area contributed by atoms with E-state index in [1.54, 1.807) is 37.3 Å². The molecule has 0 spiro atoms. The SMILES string of the molecule is CC#CCOc1ccc(C[C@H](NC(=O)[C@@H](C=CCCCCCCC2(CCCCCCC)OCCO2)[C@@](O)(CC(F)F)C(=O)OC(C)(C)C)C(=O)OC)cc1. The number of hydrogen-bond donors (Lipinski definition) is 2. The van der Waals surface area contributed by atoms with Crippen LogP contribution in [0.15, 0.2) is 36.4 Å². The maximum Gasteiger partial charge on any atom is 0.340 e. The van der Waals surface area contributed by atoms with Crippen molar-refractivity contribution < 1.29 is 52.0 Å². The van der Waals surface area contributed by atoms with Crippen molar-refractivity contribution in [3.8, 4) is 17.6 Å². The zero-order valence-electron chi connectivity index (χ0n) is 33.2. The van der Waals surface area contributed by atoms with Crippen molar-refractivity contribution in [2.24, 2.45) is 5.92 Å². The van der Waals surface area contributed by atoms with Crippen molar-refractivity contribution in [3.63, 3.8) is 0 Å². The number of benzene rings is 1. The first-order valence-corrected chi connectivity index (χ1v) is 19.4. The first kappa shape index (κ1) is 46.6. The van der Waals surface area contributed by atoms with E-state index in [0.29, 0.717) is 37.4 Å². The smallest absolute Gasteiger partial charge is 0.340 e. The summed E-state index contributed by atoms with van der Waals surface area (Å²) in [7, 11) is 1.15. The minimum absolute atomic E-state index is 0.0279. The molecule has 1 aliphatic rings. The molecule has 54 heavy (non-hydrogen) atoms. The molecule has 10 nitrogen and oxygen atoms in total. The largest absolute Gasteiger partial charge is 0.481 e. The third-order valence-electron chi connectivity index (χ3n) is 9.15. The zero-order chi connectivity index (χ0) is 40.0. The van der Waals surface area contributed by atoms with E-state index in [-0.39, 0.29) is 13.0 Å². The van der Waals surface area contributed by atoms with E-state index >= 15 is 0 Å².